The summed E-state index contributed by atoms with van der Waals surface area (Å²) in [4.78, 5) is 15.9. The second kappa shape index (κ2) is 7.47. The van der Waals surface area contributed by atoms with Crippen molar-refractivity contribution in [2.75, 3.05) is 20.8 Å². The van der Waals surface area contributed by atoms with Gasteiger partial charge in [-0.05, 0) is 36.2 Å². The van der Waals surface area contributed by atoms with Gasteiger partial charge >= 0.3 is 0 Å². The fourth-order valence-corrected chi connectivity index (χ4v) is 2.82. The summed E-state index contributed by atoms with van der Waals surface area (Å²) in [6.45, 7) is 2.46. The van der Waals surface area contributed by atoms with Crippen molar-refractivity contribution in [3.05, 3.63) is 52.6 Å². The lowest BCUT2D eigenvalue weighted by molar-refractivity contribution is 0.320. The third-order valence-electron chi connectivity index (χ3n) is 4.11. The largest absolute Gasteiger partial charge is 0.493 e. The molecule has 3 aromatic rings. The molecule has 6 heteroatoms. The van der Waals surface area contributed by atoms with Crippen molar-refractivity contribution in [2.24, 2.45) is 0 Å². The molecule has 0 bridgehead atoms. The Labute approximate surface area is 150 Å². The number of methoxy groups -OCH3 is 2. The summed E-state index contributed by atoms with van der Waals surface area (Å²) in [6, 6.07) is 7.90. The topological polar surface area (TPSA) is 60.6 Å². The van der Waals surface area contributed by atoms with Crippen LogP contribution < -0.4 is 19.6 Å². The van der Waals surface area contributed by atoms with Crippen LogP contribution in [0.4, 0.5) is 4.39 Å². The summed E-state index contributed by atoms with van der Waals surface area (Å²) in [6.07, 6.45) is 2.37. The lowest BCUT2D eigenvalue weighted by atomic mass is 10.0. The molecule has 0 aliphatic heterocycles. The average molecular weight is 357 g/mol. The minimum Gasteiger partial charge on any atom is -0.493 e. The van der Waals surface area contributed by atoms with Gasteiger partial charge in [-0.3, -0.25) is 4.79 Å². The average Bonchev–Trinajstić information content (AvgIpc) is 2.67. The van der Waals surface area contributed by atoms with Crippen LogP contribution in [0.2, 0.25) is 0 Å². The number of hydrogen-bond donors (Lipinski definition) is 1. The van der Waals surface area contributed by atoms with Gasteiger partial charge in [0.2, 0.25) is 0 Å². The van der Waals surface area contributed by atoms with Crippen LogP contribution in [0.15, 0.2) is 41.3 Å². The highest BCUT2D eigenvalue weighted by Gasteiger charge is 2.16. The number of benzene rings is 2. The molecule has 1 aromatic heterocycles. The SMILES string of the molecule is CCCOc1ccc(F)c2c(=O)c(-c3ccc(OC)c(OC)c3)c[nH]c12. The number of pyridine rings is 1. The van der Waals surface area contributed by atoms with E-state index in [9.17, 15) is 9.18 Å². The first-order valence-corrected chi connectivity index (χ1v) is 8.29. The second-order valence-corrected chi connectivity index (χ2v) is 5.75. The van der Waals surface area contributed by atoms with Crippen molar-refractivity contribution >= 4 is 10.9 Å². The fourth-order valence-electron chi connectivity index (χ4n) is 2.82. The predicted molar refractivity (Wildman–Crippen MR) is 98.9 cm³/mol. The van der Waals surface area contributed by atoms with Crippen molar-refractivity contribution in [3.8, 4) is 28.4 Å². The molecule has 1 heterocycles. The highest BCUT2D eigenvalue weighted by molar-refractivity contribution is 5.88. The van der Waals surface area contributed by atoms with Crippen LogP contribution >= 0.6 is 0 Å². The number of aromatic nitrogens is 1. The van der Waals surface area contributed by atoms with Gasteiger partial charge in [0.1, 0.15) is 11.6 Å². The summed E-state index contributed by atoms with van der Waals surface area (Å²) in [5.41, 5.74) is 0.883. The van der Waals surface area contributed by atoms with Crippen LogP contribution in [-0.4, -0.2) is 25.8 Å². The van der Waals surface area contributed by atoms with Gasteiger partial charge in [-0.2, -0.15) is 0 Å². The van der Waals surface area contributed by atoms with E-state index < -0.39 is 11.2 Å². The van der Waals surface area contributed by atoms with E-state index in [1.54, 1.807) is 24.4 Å². The van der Waals surface area contributed by atoms with Gasteiger partial charge in [0.05, 0.1) is 31.7 Å². The molecule has 0 amide bonds. The van der Waals surface area contributed by atoms with E-state index >= 15 is 0 Å². The molecule has 0 radical (unpaired) electrons. The maximum absolute atomic E-state index is 14.4. The predicted octanol–water partition coefficient (Wildman–Crippen LogP) is 4.14. The number of fused-ring (bicyclic) bond motifs is 1. The van der Waals surface area contributed by atoms with E-state index in [-0.39, 0.29) is 5.39 Å². The quantitative estimate of drug-likeness (QED) is 0.720. The molecule has 0 atom stereocenters. The van der Waals surface area contributed by atoms with Crippen LogP contribution in [0.5, 0.6) is 17.2 Å². The number of ether oxygens (including phenoxy) is 3. The molecule has 1 N–H and O–H groups in total. The molecule has 0 spiro atoms. The van der Waals surface area contributed by atoms with Crippen LogP contribution in [0.1, 0.15) is 13.3 Å². The number of rotatable bonds is 6. The molecule has 0 aliphatic carbocycles. The molecule has 0 saturated carbocycles. The maximum atomic E-state index is 14.4. The van der Waals surface area contributed by atoms with Crippen LogP contribution in [0.3, 0.4) is 0 Å². The van der Waals surface area contributed by atoms with Gasteiger partial charge in [-0.15, -0.1) is 0 Å². The van der Waals surface area contributed by atoms with E-state index in [1.807, 2.05) is 6.92 Å². The van der Waals surface area contributed by atoms with Crippen LogP contribution in [0, 0.1) is 5.82 Å². The van der Waals surface area contributed by atoms with Crippen LogP contribution in [0.25, 0.3) is 22.0 Å². The number of aromatic amines is 1. The van der Waals surface area contributed by atoms with Crippen molar-refractivity contribution in [3.63, 3.8) is 0 Å². The first kappa shape index (κ1) is 17.8. The Balaban J connectivity index is 2.19. The Bertz CT molecular complexity index is 997. The number of nitrogens with one attached hydrogen (secondary N) is 1. The lowest BCUT2D eigenvalue weighted by Gasteiger charge is -2.12. The van der Waals surface area contributed by atoms with E-state index in [0.29, 0.717) is 40.5 Å². The molecule has 0 unspecified atom stereocenters. The molecule has 136 valence electrons. The highest BCUT2D eigenvalue weighted by atomic mass is 19.1. The molecule has 0 fully saturated rings. The maximum Gasteiger partial charge on any atom is 0.200 e. The number of hydrogen-bond acceptors (Lipinski definition) is 4. The molecule has 2 aromatic carbocycles. The van der Waals surface area contributed by atoms with Gasteiger partial charge in [0, 0.05) is 11.8 Å². The Morgan fingerprint density at radius 1 is 1.04 bits per heavy atom. The first-order valence-electron chi connectivity index (χ1n) is 8.29. The van der Waals surface area contributed by atoms with Gasteiger partial charge in [-0.25, -0.2) is 4.39 Å². The molecular formula is C20H20FNO4. The van der Waals surface area contributed by atoms with E-state index in [0.717, 1.165) is 6.42 Å². The lowest BCUT2D eigenvalue weighted by Crippen LogP contribution is -2.10. The van der Waals surface area contributed by atoms with Gasteiger partial charge in [0.25, 0.3) is 0 Å². The molecule has 0 saturated heterocycles. The minimum absolute atomic E-state index is 0.0223. The monoisotopic (exact) mass is 357 g/mol. The van der Waals surface area contributed by atoms with Crippen LogP contribution in [-0.2, 0) is 0 Å². The minimum atomic E-state index is -0.590. The van der Waals surface area contributed by atoms with E-state index in [4.69, 9.17) is 14.2 Å². The van der Waals surface area contributed by atoms with Gasteiger partial charge in [0.15, 0.2) is 16.9 Å². The van der Waals surface area contributed by atoms with Gasteiger partial charge in [-0.1, -0.05) is 13.0 Å². The molecule has 3 rings (SSSR count). The van der Waals surface area contributed by atoms with Gasteiger partial charge < -0.3 is 19.2 Å². The third kappa shape index (κ3) is 3.10. The Hall–Kier alpha value is -3.02. The fraction of sp³-hybridized carbons (Fsp3) is 0.250. The summed E-state index contributed by atoms with van der Waals surface area (Å²) >= 11 is 0. The molecule has 0 aliphatic rings. The standard InChI is InChI=1S/C20H20FNO4/c1-4-9-26-16-8-6-14(21)18-19(16)22-11-13(20(18)23)12-5-7-15(24-2)17(10-12)25-3/h5-8,10-11H,4,9H2,1-3H3,(H,22,23). The molecular weight excluding hydrogens is 337 g/mol. The normalized spacial score (nSPS) is 10.8. The van der Waals surface area contributed by atoms with E-state index in [2.05, 4.69) is 4.98 Å². The zero-order valence-electron chi connectivity index (χ0n) is 14.9. The zero-order chi connectivity index (χ0) is 18.7. The highest BCUT2D eigenvalue weighted by Crippen LogP contribution is 2.32. The second-order valence-electron chi connectivity index (χ2n) is 5.75. The van der Waals surface area contributed by atoms with Crippen molar-refractivity contribution in [1.82, 2.24) is 4.98 Å². The summed E-state index contributed by atoms with van der Waals surface area (Å²) in [7, 11) is 3.05. The first-order chi connectivity index (χ1) is 12.6. The molecule has 5 nitrogen and oxygen atoms in total. The summed E-state index contributed by atoms with van der Waals surface area (Å²) in [5, 5.41) is -0.0223. The smallest absolute Gasteiger partial charge is 0.200 e. The number of halogens is 1. The third-order valence-corrected chi connectivity index (χ3v) is 4.11. The Morgan fingerprint density at radius 3 is 2.46 bits per heavy atom. The van der Waals surface area contributed by atoms with Crippen molar-refractivity contribution < 1.29 is 18.6 Å². The molecule has 26 heavy (non-hydrogen) atoms. The van der Waals surface area contributed by atoms with Crippen molar-refractivity contribution in [2.45, 2.75) is 13.3 Å². The Morgan fingerprint density at radius 2 is 1.77 bits per heavy atom. The number of H-pyrrole nitrogens is 1. The van der Waals surface area contributed by atoms with E-state index in [1.165, 1.54) is 26.4 Å². The zero-order valence-corrected chi connectivity index (χ0v) is 14.9. The van der Waals surface area contributed by atoms with Crippen molar-refractivity contribution in [1.29, 1.82) is 0 Å². The Kier molecular flexibility index (Phi) is 5.11. The summed E-state index contributed by atoms with van der Waals surface area (Å²) in [5.74, 6) is 0.909. The summed E-state index contributed by atoms with van der Waals surface area (Å²) < 4.78 is 30.5.